The van der Waals surface area contributed by atoms with E-state index in [1.54, 1.807) is 6.92 Å². The molecule has 0 spiro atoms. The molecule has 0 aliphatic carbocycles. The number of nitrogens with zero attached hydrogens (tertiary/aromatic N) is 2. The van der Waals surface area contributed by atoms with Gasteiger partial charge in [-0.25, -0.2) is 8.42 Å². The molecule has 0 bridgehead atoms. The molecule has 202 valence electrons. The van der Waals surface area contributed by atoms with Crippen LogP contribution in [0.3, 0.4) is 0 Å². The number of sulfonamides is 1. The maximum Gasteiger partial charge on any atom is 0.244 e. The number of halogens is 3. The van der Waals surface area contributed by atoms with Gasteiger partial charge >= 0.3 is 0 Å². The minimum Gasteiger partial charge on any atom is -0.355 e. The summed E-state index contributed by atoms with van der Waals surface area (Å²) in [6.45, 7) is 1.70. The Morgan fingerprint density at radius 3 is 2.26 bits per heavy atom. The lowest BCUT2D eigenvalue weighted by Gasteiger charge is -2.33. The van der Waals surface area contributed by atoms with Crippen molar-refractivity contribution in [3.8, 4) is 0 Å². The van der Waals surface area contributed by atoms with E-state index in [2.05, 4.69) is 21.2 Å². The molecule has 1 unspecified atom stereocenters. The minimum atomic E-state index is -3.93. The van der Waals surface area contributed by atoms with Gasteiger partial charge in [-0.15, -0.1) is 0 Å². The van der Waals surface area contributed by atoms with Crippen molar-refractivity contribution in [2.24, 2.45) is 0 Å². The quantitative estimate of drug-likeness (QED) is 0.308. The number of rotatable bonds is 11. The number of amides is 2. The second kappa shape index (κ2) is 13.5. The van der Waals surface area contributed by atoms with Crippen LogP contribution in [0, 0.1) is 0 Å². The SMILES string of the molecule is CCNC(=O)C(Cc1ccccc1)N(Cc1cccc(Br)c1)C(=O)CN(c1ccc(Cl)cc1Cl)S(C)(=O)=O. The van der Waals surface area contributed by atoms with E-state index >= 15 is 0 Å². The van der Waals surface area contributed by atoms with Gasteiger partial charge in [-0.1, -0.05) is 81.6 Å². The highest BCUT2D eigenvalue weighted by molar-refractivity contribution is 9.10. The smallest absolute Gasteiger partial charge is 0.244 e. The van der Waals surface area contributed by atoms with Crippen molar-refractivity contribution in [2.45, 2.75) is 25.9 Å². The van der Waals surface area contributed by atoms with E-state index in [1.165, 1.54) is 23.1 Å². The molecule has 1 atom stereocenters. The van der Waals surface area contributed by atoms with E-state index in [0.29, 0.717) is 11.6 Å². The van der Waals surface area contributed by atoms with Crippen LogP contribution in [0.2, 0.25) is 10.0 Å². The number of likely N-dealkylation sites (N-methyl/N-ethyl adjacent to an activating group) is 1. The summed E-state index contributed by atoms with van der Waals surface area (Å²) in [6, 6.07) is 20.2. The van der Waals surface area contributed by atoms with E-state index in [9.17, 15) is 18.0 Å². The molecule has 0 aromatic heterocycles. The molecule has 0 radical (unpaired) electrons. The number of hydrogen-bond acceptors (Lipinski definition) is 4. The normalized spacial score (nSPS) is 12.0. The van der Waals surface area contributed by atoms with Crippen molar-refractivity contribution < 1.29 is 18.0 Å². The van der Waals surface area contributed by atoms with Gasteiger partial charge in [0.1, 0.15) is 12.6 Å². The average Bonchev–Trinajstić information content (AvgIpc) is 2.85. The first-order valence-electron chi connectivity index (χ1n) is 11.8. The number of benzene rings is 3. The third-order valence-corrected chi connectivity index (χ3v) is 7.88. The molecule has 3 aromatic carbocycles. The zero-order valence-electron chi connectivity index (χ0n) is 20.9. The predicted molar refractivity (Wildman–Crippen MR) is 156 cm³/mol. The van der Waals surface area contributed by atoms with Crippen LogP contribution in [-0.4, -0.2) is 50.5 Å². The van der Waals surface area contributed by atoms with Gasteiger partial charge in [-0.3, -0.25) is 13.9 Å². The van der Waals surface area contributed by atoms with Gasteiger partial charge in [0.15, 0.2) is 0 Å². The monoisotopic (exact) mass is 639 g/mol. The van der Waals surface area contributed by atoms with Crippen molar-refractivity contribution in [3.05, 3.63) is 98.4 Å². The third-order valence-electron chi connectivity index (χ3n) is 5.72. The molecule has 0 aliphatic rings. The summed E-state index contributed by atoms with van der Waals surface area (Å²) in [4.78, 5) is 28.7. The van der Waals surface area contributed by atoms with Crippen molar-refractivity contribution >= 4 is 66.7 Å². The lowest BCUT2D eigenvalue weighted by atomic mass is 10.0. The van der Waals surface area contributed by atoms with E-state index < -0.39 is 28.5 Å². The molecule has 0 saturated carbocycles. The standard InChI is InChI=1S/C27H28BrCl2N3O4S/c1-3-31-27(35)25(15-19-8-5-4-6-9-19)32(17-20-10-7-11-21(28)14-20)26(34)18-33(38(2,36)37)24-13-12-22(29)16-23(24)30/h4-14,16,25H,3,15,17-18H2,1-2H3,(H,31,35). The van der Waals surface area contributed by atoms with Crippen LogP contribution in [-0.2, 0) is 32.6 Å². The molecular weight excluding hydrogens is 613 g/mol. The Balaban J connectivity index is 2.06. The zero-order chi connectivity index (χ0) is 27.9. The second-order valence-electron chi connectivity index (χ2n) is 8.62. The van der Waals surface area contributed by atoms with Gasteiger partial charge in [-0.2, -0.15) is 0 Å². The molecule has 38 heavy (non-hydrogen) atoms. The molecule has 2 amide bonds. The summed E-state index contributed by atoms with van der Waals surface area (Å²) in [5.41, 5.74) is 1.74. The fourth-order valence-corrected chi connectivity index (χ4v) is 5.83. The molecule has 3 aromatic rings. The van der Waals surface area contributed by atoms with Crippen LogP contribution in [0.1, 0.15) is 18.1 Å². The van der Waals surface area contributed by atoms with Crippen LogP contribution < -0.4 is 9.62 Å². The Morgan fingerprint density at radius 1 is 0.974 bits per heavy atom. The maximum atomic E-state index is 13.9. The minimum absolute atomic E-state index is 0.0822. The Bertz CT molecular complexity index is 1390. The first kappa shape index (κ1) is 30.0. The highest BCUT2D eigenvalue weighted by atomic mass is 79.9. The first-order chi connectivity index (χ1) is 18.0. The third kappa shape index (κ3) is 8.20. The molecule has 7 nitrogen and oxygen atoms in total. The molecular formula is C27H28BrCl2N3O4S. The molecule has 0 saturated heterocycles. The Kier molecular flexibility index (Phi) is 10.6. The first-order valence-corrected chi connectivity index (χ1v) is 15.2. The summed E-state index contributed by atoms with van der Waals surface area (Å²) < 4.78 is 27.4. The summed E-state index contributed by atoms with van der Waals surface area (Å²) in [5, 5.41) is 3.23. The molecule has 3 rings (SSSR count). The van der Waals surface area contributed by atoms with Crippen LogP contribution in [0.5, 0.6) is 0 Å². The van der Waals surface area contributed by atoms with Crippen molar-refractivity contribution in [1.29, 1.82) is 0 Å². The van der Waals surface area contributed by atoms with E-state index in [-0.39, 0.29) is 29.6 Å². The second-order valence-corrected chi connectivity index (χ2v) is 12.3. The highest BCUT2D eigenvalue weighted by Crippen LogP contribution is 2.30. The lowest BCUT2D eigenvalue weighted by molar-refractivity contribution is -0.140. The predicted octanol–water partition coefficient (Wildman–Crippen LogP) is 5.30. The lowest BCUT2D eigenvalue weighted by Crippen LogP contribution is -2.53. The topological polar surface area (TPSA) is 86.8 Å². The molecule has 0 heterocycles. The van der Waals surface area contributed by atoms with Crippen LogP contribution >= 0.6 is 39.1 Å². The highest BCUT2D eigenvalue weighted by Gasteiger charge is 2.33. The largest absolute Gasteiger partial charge is 0.355 e. The van der Waals surface area contributed by atoms with Gasteiger partial charge in [0.25, 0.3) is 0 Å². The summed E-state index contributed by atoms with van der Waals surface area (Å²) >= 11 is 15.8. The zero-order valence-corrected chi connectivity index (χ0v) is 24.8. The molecule has 0 aliphatic heterocycles. The van der Waals surface area contributed by atoms with E-state index in [1.807, 2.05) is 54.6 Å². The number of hydrogen-bond donors (Lipinski definition) is 1. The van der Waals surface area contributed by atoms with Gasteiger partial charge in [0, 0.05) is 29.0 Å². The van der Waals surface area contributed by atoms with E-state index in [4.69, 9.17) is 23.2 Å². The number of anilines is 1. The van der Waals surface area contributed by atoms with Crippen LogP contribution in [0.15, 0.2) is 77.3 Å². The van der Waals surface area contributed by atoms with Gasteiger partial charge in [-0.05, 0) is 48.4 Å². The summed E-state index contributed by atoms with van der Waals surface area (Å²) in [7, 11) is -3.93. The van der Waals surface area contributed by atoms with E-state index in [0.717, 1.165) is 26.2 Å². The number of carbonyl (C=O) groups excluding carboxylic acids is 2. The summed E-state index contributed by atoms with van der Waals surface area (Å²) in [6.07, 6.45) is 1.24. The van der Waals surface area contributed by atoms with Gasteiger partial charge in [0.05, 0.1) is 17.0 Å². The maximum absolute atomic E-state index is 13.9. The van der Waals surface area contributed by atoms with Crippen LogP contribution in [0.25, 0.3) is 0 Å². The average molecular weight is 641 g/mol. The van der Waals surface area contributed by atoms with Crippen molar-refractivity contribution in [1.82, 2.24) is 10.2 Å². The fourth-order valence-electron chi connectivity index (χ4n) is 3.96. The van der Waals surface area contributed by atoms with Gasteiger partial charge < -0.3 is 10.2 Å². The summed E-state index contributed by atoms with van der Waals surface area (Å²) in [5.74, 6) is -0.899. The van der Waals surface area contributed by atoms with Crippen LogP contribution in [0.4, 0.5) is 5.69 Å². The molecule has 1 N–H and O–H groups in total. The van der Waals surface area contributed by atoms with Crippen molar-refractivity contribution in [3.63, 3.8) is 0 Å². The number of nitrogens with one attached hydrogen (secondary N) is 1. The number of carbonyl (C=O) groups is 2. The fraction of sp³-hybridized carbons (Fsp3) is 0.259. The van der Waals surface area contributed by atoms with Crippen molar-refractivity contribution in [2.75, 3.05) is 23.7 Å². The Morgan fingerprint density at radius 2 is 1.66 bits per heavy atom. The Labute approximate surface area is 241 Å². The molecule has 0 fully saturated rings. The molecule has 11 heteroatoms. The van der Waals surface area contributed by atoms with Gasteiger partial charge in [0.2, 0.25) is 21.8 Å². The Hall–Kier alpha value is -2.59.